The number of benzene rings is 6. The quantitative estimate of drug-likeness (QED) is 0.0138. The minimum atomic E-state index is -1.08. The number of hydrogen-bond acceptors (Lipinski definition) is 14. The van der Waals surface area contributed by atoms with Crippen molar-refractivity contribution in [1.82, 2.24) is 41.7 Å². The number of unbranched alkanes of at least 4 members (excludes halogenated alkanes) is 1. The van der Waals surface area contributed by atoms with Crippen LogP contribution in [0.15, 0.2) is 133 Å². The fourth-order valence-electron chi connectivity index (χ4n) is 10.8. The number of carbonyl (C=O) groups excluding carboxylic acids is 10. The van der Waals surface area contributed by atoms with Crippen LogP contribution < -0.4 is 31.9 Å². The number of ether oxygens (including phenoxy) is 4. The zero-order chi connectivity index (χ0) is 66.9. The summed E-state index contributed by atoms with van der Waals surface area (Å²) in [7, 11) is 2.37. The molecule has 8 rings (SSSR count). The van der Waals surface area contributed by atoms with Crippen LogP contribution in [0.3, 0.4) is 0 Å². The predicted octanol–water partition coefficient (Wildman–Crippen LogP) is 7.81. The minimum Gasteiger partial charge on any atom is -0.467 e. The molecule has 0 aromatic heterocycles. The maximum absolute atomic E-state index is 14.0. The molecule has 8 amide bonds. The topological polar surface area (TPSA) is 286 Å². The summed E-state index contributed by atoms with van der Waals surface area (Å²) in [4.78, 5) is 137. The van der Waals surface area contributed by atoms with Crippen LogP contribution in [-0.4, -0.2) is 122 Å². The number of methoxy groups -OCH3 is 2. The molecule has 0 bridgehead atoms. The molecular weight excluding hydrogens is 1210 g/mol. The lowest BCUT2D eigenvalue weighted by atomic mass is 9.98. The number of rotatable bonds is 31. The Morgan fingerprint density at radius 2 is 0.734 bits per heavy atom. The largest absolute Gasteiger partial charge is 0.467 e. The molecule has 0 fully saturated rings. The van der Waals surface area contributed by atoms with Crippen LogP contribution >= 0.6 is 0 Å². The summed E-state index contributed by atoms with van der Waals surface area (Å²) in [5.74, 6) is -4.92. The summed E-state index contributed by atoms with van der Waals surface area (Å²) in [5, 5.41) is 16.4. The summed E-state index contributed by atoms with van der Waals surface area (Å²) in [5.41, 5.74) is 5.90. The molecule has 2 aliphatic rings. The van der Waals surface area contributed by atoms with Gasteiger partial charge in [-0.25, -0.2) is 28.0 Å². The lowest BCUT2D eigenvalue weighted by Crippen LogP contribution is -2.42. The molecule has 494 valence electrons. The van der Waals surface area contributed by atoms with E-state index in [1.54, 1.807) is 107 Å². The maximum Gasteiger partial charge on any atom is 0.408 e. The van der Waals surface area contributed by atoms with Crippen LogP contribution in [0.2, 0.25) is 0 Å². The molecular formula is C70H76F2N8O14. The zero-order valence-electron chi connectivity index (χ0n) is 52.4. The molecule has 94 heavy (non-hydrogen) atoms. The highest BCUT2D eigenvalue weighted by molar-refractivity contribution is 6.08. The summed E-state index contributed by atoms with van der Waals surface area (Å²) >= 11 is 0. The van der Waals surface area contributed by atoms with Gasteiger partial charge in [-0.05, 0) is 144 Å². The molecule has 0 spiro atoms. The van der Waals surface area contributed by atoms with E-state index in [-0.39, 0.29) is 138 Å². The monoisotopic (exact) mass is 1290 g/mol. The van der Waals surface area contributed by atoms with Crippen LogP contribution in [0.1, 0.15) is 137 Å². The normalized spacial score (nSPS) is 12.6. The second kappa shape index (κ2) is 34.8. The number of nitrogens with zero attached hydrogens (tertiary/aromatic N) is 2. The number of hydrogen-bond donors (Lipinski definition) is 6. The van der Waals surface area contributed by atoms with Gasteiger partial charge in [0.05, 0.1) is 36.5 Å². The molecule has 6 N–H and O–H groups in total. The second-order valence-corrected chi connectivity index (χ2v) is 22.7. The third-order valence-electron chi connectivity index (χ3n) is 16.0. The first-order valence-electron chi connectivity index (χ1n) is 31.0. The highest BCUT2D eigenvalue weighted by atomic mass is 19.1. The average molecular weight is 1290 g/mol. The van der Waals surface area contributed by atoms with E-state index in [2.05, 4.69) is 31.9 Å². The van der Waals surface area contributed by atoms with E-state index in [0.717, 1.165) is 22.3 Å². The lowest BCUT2D eigenvalue weighted by molar-refractivity contribution is -0.144. The van der Waals surface area contributed by atoms with E-state index in [1.807, 2.05) is 12.1 Å². The molecule has 0 aliphatic carbocycles. The summed E-state index contributed by atoms with van der Waals surface area (Å²) in [6.07, 6.45) is 0.569. The molecule has 24 heteroatoms. The lowest BCUT2D eigenvalue weighted by Gasteiger charge is -2.17. The van der Waals surface area contributed by atoms with Crippen LogP contribution in [0, 0.1) is 11.6 Å². The van der Waals surface area contributed by atoms with Crippen molar-refractivity contribution >= 4 is 59.6 Å². The molecule has 22 nitrogen and oxygen atoms in total. The summed E-state index contributed by atoms with van der Waals surface area (Å²) in [6.45, 7) is 0.972. The Labute approximate surface area is 542 Å². The van der Waals surface area contributed by atoms with Crippen molar-refractivity contribution in [2.45, 2.75) is 116 Å². The Kier molecular flexibility index (Phi) is 25.7. The highest BCUT2D eigenvalue weighted by Gasteiger charge is 2.31. The Balaban J connectivity index is 0.847. The van der Waals surface area contributed by atoms with Gasteiger partial charge in [0.25, 0.3) is 23.6 Å². The van der Waals surface area contributed by atoms with Gasteiger partial charge in [0, 0.05) is 65.2 Å². The average Bonchev–Trinajstić information content (AvgIpc) is 1.61. The van der Waals surface area contributed by atoms with Gasteiger partial charge in [0.15, 0.2) is 0 Å². The van der Waals surface area contributed by atoms with Gasteiger partial charge >= 0.3 is 24.1 Å². The Bertz CT molecular complexity index is 3430. The van der Waals surface area contributed by atoms with Gasteiger partial charge in [-0.15, -0.1) is 0 Å². The van der Waals surface area contributed by atoms with Crippen molar-refractivity contribution in [3.05, 3.63) is 212 Å². The van der Waals surface area contributed by atoms with Gasteiger partial charge in [-0.1, -0.05) is 84.9 Å². The highest BCUT2D eigenvalue weighted by Crippen LogP contribution is 2.30. The first kappa shape index (κ1) is 69.4. The third-order valence-corrected chi connectivity index (χ3v) is 16.0. The van der Waals surface area contributed by atoms with Crippen LogP contribution in [-0.2, 0) is 90.4 Å². The number of amides is 8. The maximum atomic E-state index is 14.0. The van der Waals surface area contributed by atoms with Crippen LogP contribution in [0.5, 0.6) is 0 Å². The SMILES string of the molecule is COC(=O)[C@H](CCCNC(=O)c1cc2c(cc1C(=O)NCCc1ccc(F)cc1)CN(C(=O)CCCCC(=O)N1Cc3cc(C(=O)NCCC[C@H](NC(=O)OCc4ccccc4)C(=O)OC)c(C(=O)NCCc4ccc(F)cc4)cc3C1)C2)NC(=O)OCc1ccccc1. The van der Waals surface area contributed by atoms with Crippen molar-refractivity contribution in [2.75, 3.05) is 40.4 Å². The molecule has 2 atom stereocenters. The van der Waals surface area contributed by atoms with Crippen LogP contribution in [0.25, 0.3) is 0 Å². The van der Waals surface area contributed by atoms with Crippen LogP contribution in [0.4, 0.5) is 18.4 Å². The number of carbonyl (C=O) groups is 10. The molecule has 6 aromatic rings. The molecule has 2 aliphatic heterocycles. The minimum absolute atomic E-state index is 0.0227. The standard InChI is InChI=1S/C70H76F2N8O14/c1-91-67(87)59(77-69(89)93-43-47-13-5-3-6-14-47)17-11-31-73-63(83)55-35-49-39-79(41-51(49)37-57(55)65(85)75-33-29-45-21-25-53(71)26-22-45)61(81)19-9-10-20-62(82)80-40-50-36-56(58(38-52(50)42-80)66(86)76-34-30-46-23-27-54(72)28-24-46)64(84)74-32-12-18-60(68(88)92-2)78-70(90)94-44-48-15-7-4-8-16-48/h3-8,13-16,21-28,35-38,59-60H,9-12,17-20,29-34,39-44H2,1-2H3,(H,73,83)(H,74,84)(H,75,85)(H,76,86)(H,77,89)(H,78,90)/t59-,60-/m0/s1. The summed E-state index contributed by atoms with van der Waals surface area (Å²) in [6, 6.07) is 33.9. The first-order valence-corrected chi connectivity index (χ1v) is 31.0. The molecule has 0 saturated carbocycles. The van der Waals surface area contributed by atoms with E-state index >= 15 is 0 Å². The number of esters is 2. The molecule has 0 unspecified atom stereocenters. The van der Waals surface area contributed by atoms with E-state index in [9.17, 15) is 56.7 Å². The third kappa shape index (κ3) is 20.5. The van der Waals surface area contributed by atoms with Crippen molar-refractivity contribution < 1.29 is 75.7 Å². The second-order valence-electron chi connectivity index (χ2n) is 22.7. The first-order chi connectivity index (χ1) is 45.4. The van der Waals surface area contributed by atoms with E-state index in [1.165, 1.54) is 38.5 Å². The predicted molar refractivity (Wildman–Crippen MR) is 339 cm³/mol. The Hall–Kier alpha value is -10.5. The summed E-state index contributed by atoms with van der Waals surface area (Å²) < 4.78 is 47.5. The number of nitrogens with one attached hydrogen (secondary N) is 6. The van der Waals surface area contributed by atoms with Crippen molar-refractivity contribution in [3.63, 3.8) is 0 Å². The van der Waals surface area contributed by atoms with Crippen molar-refractivity contribution in [3.8, 4) is 0 Å². The fourth-order valence-corrected chi connectivity index (χ4v) is 10.8. The molecule has 0 saturated heterocycles. The molecule has 0 radical (unpaired) electrons. The Morgan fingerprint density at radius 3 is 1.05 bits per heavy atom. The van der Waals surface area contributed by atoms with E-state index < -0.39 is 71.5 Å². The van der Waals surface area contributed by atoms with Gasteiger partial charge in [-0.3, -0.25) is 28.8 Å². The van der Waals surface area contributed by atoms with E-state index in [0.29, 0.717) is 47.9 Å². The number of alkyl carbamates (subject to hydrolysis) is 2. The van der Waals surface area contributed by atoms with Gasteiger partial charge in [-0.2, -0.15) is 0 Å². The Morgan fingerprint density at radius 1 is 0.415 bits per heavy atom. The number of fused-ring (bicyclic) bond motifs is 2. The smallest absolute Gasteiger partial charge is 0.408 e. The molecule has 6 aromatic carbocycles. The fraction of sp³-hybridized carbons (Fsp3) is 0.343. The van der Waals surface area contributed by atoms with E-state index in [4.69, 9.17) is 18.9 Å². The van der Waals surface area contributed by atoms with Crippen molar-refractivity contribution in [1.29, 1.82) is 0 Å². The zero-order valence-corrected chi connectivity index (χ0v) is 52.4. The van der Waals surface area contributed by atoms with Gasteiger partial charge in [0.2, 0.25) is 11.8 Å². The van der Waals surface area contributed by atoms with Gasteiger partial charge < -0.3 is 60.6 Å². The van der Waals surface area contributed by atoms with Gasteiger partial charge in [0.1, 0.15) is 36.9 Å². The number of halogens is 2. The van der Waals surface area contributed by atoms with Crippen molar-refractivity contribution in [2.24, 2.45) is 0 Å². The molecule has 2 heterocycles.